The van der Waals surface area contributed by atoms with Crippen molar-refractivity contribution in [2.75, 3.05) is 17.9 Å². The Kier molecular flexibility index (Phi) is 4.28. The third-order valence-corrected chi connectivity index (χ3v) is 3.63. The van der Waals surface area contributed by atoms with Crippen molar-refractivity contribution in [1.29, 1.82) is 5.26 Å². The third-order valence-electron chi connectivity index (χ3n) is 3.63. The van der Waals surface area contributed by atoms with Gasteiger partial charge in [-0.15, -0.1) is 0 Å². The number of allylic oxidation sites excluding steroid dienone is 1. The van der Waals surface area contributed by atoms with Crippen LogP contribution in [0.1, 0.15) is 12.8 Å². The number of amides is 1. The van der Waals surface area contributed by atoms with Crippen LogP contribution in [0, 0.1) is 17.2 Å². The minimum absolute atomic E-state index is 0.172. The number of aromatic amines is 1. The normalized spacial score (nSPS) is 14.5. The van der Waals surface area contributed by atoms with Gasteiger partial charge >= 0.3 is 0 Å². The van der Waals surface area contributed by atoms with Gasteiger partial charge in [-0.2, -0.15) is 5.26 Å². The zero-order valence-electron chi connectivity index (χ0n) is 12.5. The van der Waals surface area contributed by atoms with Crippen LogP contribution in [-0.2, 0) is 4.79 Å². The molecule has 0 atom stereocenters. The first-order valence-electron chi connectivity index (χ1n) is 7.39. The number of hydrogen-bond donors (Lipinski definition) is 2. The molecule has 0 saturated heterocycles. The molecule has 1 saturated carbocycles. The molecule has 2 N–H and O–H groups in total. The lowest BCUT2D eigenvalue weighted by Crippen LogP contribution is -2.34. The smallest absolute Gasteiger partial charge is 0.261 e. The van der Waals surface area contributed by atoms with Crippen molar-refractivity contribution < 1.29 is 4.79 Å². The average molecular weight is 306 g/mol. The standard InChI is InChI=1S/C15H15BN6O/c16-22(14-12-3-4-18-13(12)20-9-21-14)6-5-19-15(23)11(8-17)7-10-1-2-10/h3-4,7,9-10H,1-2,5-6H2,(H,19,23)(H,18,20,21)/b11-7+. The summed E-state index contributed by atoms with van der Waals surface area (Å²) in [6.07, 6.45) is 7.03. The number of rotatable bonds is 6. The van der Waals surface area contributed by atoms with E-state index in [0.29, 0.717) is 30.5 Å². The van der Waals surface area contributed by atoms with E-state index in [2.05, 4.69) is 20.3 Å². The molecule has 1 fully saturated rings. The highest BCUT2D eigenvalue weighted by Gasteiger charge is 2.21. The topological polar surface area (TPSA) is 97.7 Å². The Balaban J connectivity index is 1.57. The summed E-state index contributed by atoms with van der Waals surface area (Å²) in [6.45, 7) is 0.681. The summed E-state index contributed by atoms with van der Waals surface area (Å²) in [5.41, 5.74) is 0.875. The monoisotopic (exact) mass is 306 g/mol. The van der Waals surface area contributed by atoms with Crippen LogP contribution in [0.4, 0.5) is 5.82 Å². The Hall–Kier alpha value is -2.82. The van der Waals surface area contributed by atoms with Crippen molar-refractivity contribution >= 4 is 30.7 Å². The largest absolute Gasteiger partial charge is 0.408 e. The highest BCUT2D eigenvalue weighted by Crippen LogP contribution is 2.31. The summed E-state index contributed by atoms with van der Waals surface area (Å²) >= 11 is 0. The number of carbonyl (C=O) groups is 1. The van der Waals surface area contributed by atoms with Gasteiger partial charge in [0.1, 0.15) is 29.4 Å². The van der Waals surface area contributed by atoms with Gasteiger partial charge in [-0.05, 0) is 24.8 Å². The van der Waals surface area contributed by atoms with Gasteiger partial charge in [-0.1, -0.05) is 6.08 Å². The second-order valence-electron chi connectivity index (χ2n) is 5.42. The number of nitriles is 1. The minimum atomic E-state index is -0.359. The first-order valence-corrected chi connectivity index (χ1v) is 7.39. The first kappa shape index (κ1) is 15.1. The molecule has 3 rings (SSSR count). The molecule has 0 unspecified atom stereocenters. The van der Waals surface area contributed by atoms with Crippen LogP contribution in [0.25, 0.3) is 11.0 Å². The van der Waals surface area contributed by atoms with E-state index >= 15 is 0 Å². The Morgan fingerprint density at radius 3 is 3.13 bits per heavy atom. The van der Waals surface area contributed by atoms with Gasteiger partial charge in [0.25, 0.3) is 5.91 Å². The van der Waals surface area contributed by atoms with E-state index in [0.717, 1.165) is 18.2 Å². The molecule has 23 heavy (non-hydrogen) atoms. The summed E-state index contributed by atoms with van der Waals surface area (Å²) in [7, 11) is 6.00. The SMILES string of the molecule is [B]N(CCNC(=O)/C(C#N)=C/C1CC1)c1ncnc2[nH]ccc12. The maximum absolute atomic E-state index is 11.9. The quantitative estimate of drug-likeness (QED) is 0.468. The van der Waals surface area contributed by atoms with Crippen LogP contribution < -0.4 is 10.1 Å². The average Bonchev–Trinajstić information content (AvgIpc) is 3.25. The number of hydrogen-bond acceptors (Lipinski definition) is 5. The van der Waals surface area contributed by atoms with E-state index < -0.39 is 0 Å². The molecule has 2 aromatic rings. The molecule has 0 bridgehead atoms. The molecular formula is C15H15BN6O. The Morgan fingerprint density at radius 1 is 1.57 bits per heavy atom. The number of fused-ring (bicyclic) bond motifs is 1. The van der Waals surface area contributed by atoms with Gasteiger partial charge in [0.2, 0.25) is 7.98 Å². The van der Waals surface area contributed by atoms with E-state index in [4.69, 9.17) is 13.2 Å². The summed E-state index contributed by atoms with van der Waals surface area (Å²) in [5.74, 6) is 0.603. The second-order valence-corrected chi connectivity index (χ2v) is 5.42. The maximum atomic E-state index is 11.9. The number of nitrogens with one attached hydrogen (secondary N) is 2. The van der Waals surface area contributed by atoms with Crippen LogP contribution in [0.2, 0.25) is 0 Å². The Morgan fingerprint density at radius 2 is 2.39 bits per heavy atom. The predicted molar refractivity (Wildman–Crippen MR) is 86.4 cm³/mol. The summed E-state index contributed by atoms with van der Waals surface area (Å²) in [5, 5.41) is 12.5. The van der Waals surface area contributed by atoms with E-state index in [1.54, 1.807) is 12.3 Å². The van der Waals surface area contributed by atoms with Crippen LogP contribution in [-0.4, -0.2) is 41.9 Å². The van der Waals surface area contributed by atoms with Gasteiger partial charge in [-0.3, -0.25) is 4.79 Å². The molecule has 8 heteroatoms. The minimum Gasteiger partial charge on any atom is -0.408 e. The van der Waals surface area contributed by atoms with Gasteiger partial charge < -0.3 is 15.1 Å². The highest BCUT2D eigenvalue weighted by atomic mass is 16.1. The summed E-state index contributed by atoms with van der Waals surface area (Å²) < 4.78 is 0. The number of H-pyrrole nitrogens is 1. The molecule has 0 aromatic carbocycles. The molecule has 2 radical (unpaired) electrons. The maximum Gasteiger partial charge on any atom is 0.261 e. The van der Waals surface area contributed by atoms with Gasteiger partial charge in [0, 0.05) is 19.3 Å². The molecule has 1 aliphatic rings. The first-order chi connectivity index (χ1) is 11.2. The van der Waals surface area contributed by atoms with Crippen LogP contribution in [0.15, 0.2) is 30.2 Å². The molecule has 2 heterocycles. The summed E-state index contributed by atoms with van der Waals surface area (Å²) in [4.78, 5) is 24.6. The summed E-state index contributed by atoms with van der Waals surface area (Å²) in [6, 6.07) is 3.79. The second kappa shape index (κ2) is 6.52. The van der Waals surface area contributed by atoms with E-state index in [1.165, 1.54) is 11.1 Å². The van der Waals surface area contributed by atoms with Gasteiger partial charge in [0.05, 0.1) is 5.39 Å². The Labute approximate surface area is 134 Å². The van der Waals surface area contributed by atoms with E-state index in [1.807, 2.05) is 12.1 Å². The van der Waals surface area contributed by atoms with Crippen molar-refractivity contribution in [3.05, 3.63) is 30.2 Å². The third kappa shape index (κ3) is 3.51. The fraction of sp³-hybridized carbons (Fsp3) is 0.333. The lowest BCUT2D eigenvalue weighted by Gasteiger charge is -2.19. The van der Waals surface area contributed by atoms with Crippen LogP contribution in [0.5, 0.6) is 0 Å². The lowest BCUT2D eigenvalue weighted by molar-refractivity contribution is -0.117. The van der Waals surface area contributed by atoms with Crippen molar-refractivity contribution in [2.45, 2.75) is 12.8 Å². The molecule has 2 aromatic heterocycles. The number of nitrogens with zero attached hydrogens (tertiary/aromatic N) is 4. The zero-order chi connectivity index (χ0) is 16.2. The molecule has 0 spiro atoms. The highest BCUT2D eigenvalue weighted by molar-refractivity contribution is 6.19. The molecule has 114 valence electrons. The molecule has 7 nitrogen and oxygen atoms in total. The molecule has 1 aliphatic carbocycles. The van der Waals surface area contributed by atoms with Crippen molar-refractivity contribution in [3.63, 3.8) is 0 Å². The van der Waals surface area contributed by atoms with E-state index in [-0.39, 0.29) is 11.5 Å². The van der Waals surface area contributed by atoms with Crippen molar-refractivity contribution in [1.82, 2.24) is 20.3 Å². The van der Waals surface area contributed by atoms with E-state index in [9.17, 15) is 4.79 Å². The van der Waals surface area contributed by atoms with Crippen molar-refractivity contribution in [3.8, 4) is 6.07 Å². The van der Waals surface area contributed by atoms with Crippen LogP contribution >= 0.6 is 0 Å². The van der Waals surface area contributed by atoms with Gasteiger partial charge in [0.15, 0.2) is 0 Å². The lowest BCUT2D eigenvalue weighted by atomic mass is 10.2. The fourth-order valence-corrected chi connectivity index (χ4v) is 2.24. The number of carbonyl (C=O) groups excluding carboxylic acids is 1. The van der Waals surface area contributed by atoms with Gasteiger partial charge in [-0.25, -0.2) is 9.97 Å². The number of aromatic nitrogens is 3. The number of anilines is 1. The van der Waals surface area contributed by atoms with Crippen LogP contribution in [0.3, 0.4) is 0 Å². The fourth-order valence-electron chi connectivity index (χ4n) is 2.24. The predicted octanol–water partition coefficient (Wildman–Crippen LogP) is 0.824. The molecule has 1 amide bonds. The zero-order valence-corrected chi connectivity index (χ0v) is 12.5. The Bertz CT molecular complexity index is 789. The van der Waals surface area contributed by atoms with Crippen molar-refractivity contribution in [2.24, 2.45) is 5.92 Å². The molecular weight excluding hydrogens is 291 g/mol. The molecule has 0 aliphatic heterocycles.